The van der Waals surface area contributed by atoms with Crippen molar-refractivity contribution < 1.29 is 9.59 Å². The number of piperidine rings is 1. The van der Waals surface area contributed by atoms with E-state index < -0.39 is 0 Å². The smallest absolute Gasteiger partial charge is 0.321 e. The Balaban J connectivity index is 1.34. The SMILES string of the molecule is O=C(CC1CCN(C(=O)Nc2ccccc2)CC1)NCCc1ccccc1. The number of likely N-dealkylation sites (tertiary alicyclic amines) is 1. The minimum Gasteiger partial charge on any atom is -0.356 e. The second-order valence-electron chi connectivity index (χ2n) is 7.02. The summed E-state index contributed by atoms with van der Waals surface area (Å²) >= 11 is 0. The molecule has 0 radical (unpaired) electrons. The first-order valence-corrected chi connectivity index (χ1v) is 9.62. The number of rotatable bonds is 6. The third kappa shape index (κ3) is 6.13. The number of nitrogens with zero attached hydrogens (tertiary/aromatic N) is 1. The third-order valence-corrected chi connectivity index (χ3v) is 4.98. The summed E-state index contributed by atoms with van der Waals surface area (Å²) in [5.74, 6) is 0.459. The lowest BCUT2D eigenvalue weighted by atomic mass is 9.93. The number of amides is 3. The van der Waals surface area contributed by atoms with Crippen LogP contribution in [0, 0.1) is 5.92 Å². The molecule has 1 aliphatic rings. The van der Waals surface area contributed by atoms with Crippen LogP contribution in [0.25, 0.3) is 0 Å². The third-order valence-electron chi connectivity index (χ3n) is 4.98. The topological polar surface area (TPSA) is 61.4 Å². The molecule has 0 bridgehead atoms. The summed E-state index contributed by atoms with van der Waals surface area (Å²) in [4.78, 5) is 26.3. The molecular formula is C22H27N3O2. The van der Waals surface area contributed by atoms with Gasteiger partial charge in [0.25, 0.3) is 0 Å². The van der Waals surface area contributed by atoms with E-state index in [4.69, 9.17) is 0 Å². The summed E-state index contributed by atoms with van der Waals surface area (Å²) in [7, 11) is 0. The maximum Gasteiger partial charge on any atom is 0.321 e. The molecule has 0 saturated carbocycles. The molecule has 1 aliphatic heterocycles. The molecule has 0 aliphatic carbocycles. The molecule has 5 nitrogen and oxygen atoms in total. The highest BCUT2D eigenvalue weighted by atomic mass is 16.2. The zero-order valence-corrected chi connectivity index (χ0v) is 15.6. The van der Waals surface area contributed by atoms with Crippen LogP contribution >= 0.6 is 0 Å². The summed E-state index contributed by atoms with van der Waals surface area (Å²) in [6.45, 7) is 2.06. The Morgan fingerprint density at radius 3 is 2.22 bits per heavy atom. The molecule has 2 aromatic carbocycles. The van der Waals surface area contributed by atoms with E-state index >= 15 is 0 Å². The van der Waals surface area contributed by atoms with Gasteiger partial charge in [-0.3, -0.25) is 4.79 Å². The van der Waals surface area contributed by atoms with Crippen LogP contribution in [-0.4, -0.2) is 36.5 Å². The molecule has 5 heteroatoms. The van der Waals surface area contributed by atoms with Gasteiger partial charge in [0.05, 0.1) is 0 Å². The highest BCUT2D eigenvalue weighted by Gasteiger charge is 2.24. The first-order valence-electron chi connectivity index (χ1n) is 9.62. The Labute approximate surface area is 160 Å². The lowest BCUT2D eigenvalue weighted by Gasteiger charge is -2.31. The molecule has 1 fully saturated rings. The number of urea groups is 1. The van der Waals surface area contributed by atoms with E-state index in [9.17, 15) is 9.59 Å². The van der Waals surface area contributed by atoms with Gasteiger partial charge in [-0.2, -0.15) is 0 Å². The summed E-state index contributed by atoms with van der Waals surface area (Å²) in [5, 5.41) is 5.93. The van der Waals surface area contributed by atoms with E-state index in [1.807, 2.05) is 53.4 Å². The van der Waals surface area contributed by atoms with E-state index in [1.54, 1.807) is 0 Å². The van der Waals surface area contributed by atoms with Crippen molar-refractivity contribution in [3.8, 4) is 0 Å². The number of nitrogens with one attached hydrogen (secondary N) is 2. The Kier molecular flexibility index (Phi) is 6.85. The number of hydrogen-bond acceptors (Lipinski definition) is 2. The molecule has 0 atom stereocenters. The fourth-order valence-electron chi connectivity index (χ4n) is 3.39. The zero-order valence-electron chi connectivity index (χ0n) is 15.6. The molecule has 3 amide bonds. The molecule has 1 heterocycles. The van der Waals surface area contributed by atoms with Gasteiger partial charge in [0.1, 0.15) is 0 Å². The van der Waals surface area contributed by atoms with Crippen molar-refractivity contribution in [1.82, 2.24) is 10.2 Å². The Hall–Kier alpha value is -2.82. The fourth-order valence-corrected chi connectivity index (χ4v) is 3.39. The molecule has 142 valence electrons. The Morgan fingerprint density at radius 2 is 1.56 bits per heavy atom. The number of anilines is 1. The van der Waals surface area contributed by atoms with Crippen LogP contribution in [0.1, 0.15) is 24.8 Å². The summed E-state index contributed by atoms with van der Waals surface area (Å²) in [6.07, 6.45) is 3.14. The molecule has 1 saturated heterocycles. The Bertz CT molecular complexity index is 726. The first-order chi connectivity index (χ1) is 13.2. The summed E-state index contributed by atoms with van der Waals surface area (Å²) in [6, 6.07) is 19.6. The van der Waals surface area contributed by atoms with E-state index in [1.165, 1.54) is 5.56 Å². The second-order valence-corrected chi connectivity index (χ2v) is 7.02. The van der Waals surface area contributed by atoms with E-state index in [-0.39, 0.29) is 11.9 Å². The average molecular weight is 365 g/mol. The van der Waals surface area contributed by atoms with Crippen molar-refractivity contribution in [3.05, 3.63) is 66.2 Å². The van der Waals surface area contributed by atoms with Crippen LogP contribution in [0.2, 0.25) is 0 Å². The van der Waals surface area contributed by atoms with Crippen LogP contribution < -0.4 is 10.6 Å². The normalized spacial score (nSPS) is 14.6. The van der Waals surface area contributed by atoms with Crippen LogP contribution in [0.15, 0.2) is 60.7 Å². The van der Waals surface area contributed by atoms with Crippen LogP contribution in [0.5, 0.6) is 0 Å². The molecule has 0 aromatic heterocycles. The summed E-state index contributed by atoms with van der Waals surface area (Å²) in [5.41, 5.74) is 2.04. The lowest BCUT2D eigenvalue weighted by molar-refractivity contribution is -0.122. The van der Waals surface area contributed by atoms with Gasteiger partial charge in [0, 0.05) is 31.7 Å². The number of carbonyl (C=O) groups excluding carboxylic acids is 2. The highest BCUT2D eigenvalue weighted by molar-refractivity contribution is 5.89. The average Bonchev–Trinajstić information content (AvgIpc) is 2.70. The lowest BCUT2D eigenvalue weighted by Crippen LogP contribution is -2.42. The van der Waals surface area contributed by atoms with E-state index in [0.717, 1.165) is 24.9 Å². The van der Waals surface area contributed by atoms with Crippen molar-refractivity contribution in [2.45, 2.75) is 25.7 Å². The molecule has 0 unspecified atom stereocenters. The molecule has 2 N–H and O–H groups in total. The van der Waals surface area contributed by atoms with Gasteiger partial charge in [-0.05, 0) is 42.9 Å². The number of carbonyl (C=O) groups is 2. The van der Waals surface area contributed by atoms with E-state index in [0.29, 0.717) is 32.0 Å². The Morgan fingerprint density at radius 1 is 0.926 bits per heavy atom. The summed E-state index contributed by atoms with van der Waals surface area (Å²) < 4.78 is 0. The number of hydrogen-bond donors (Lipinski definition) is 2. The van der Waals surface area contributed by atoms with Crippen LogP contribution in [-0.2, 0) is 11.2 Å². The zero-order chi connectivity index (χ0) is 18.9. The monoisotopic (exact) mass is 365 g/mol. The van der Waals surface area contributed by atoms with Gasteiger partial charge < -0.3 is 15.5 Å². The van der Waals surface area contributed by atoms with Gasteiger partial charge in [-0.15, -0.1) is 0 Å². The van der Waals surface area contributed by atoms with Crippen molar-refractivity contribution in [1.29, 1.82) is 0 Å². The quantitative estimate of drug-likeness (QED) is 0.820. The minimum absolute atomic E-state index is 0.0630. The van der Waals surface area contributed by atoms with Gasteiger partial charge in [-0.1, -0.05) is 48.5 Å². The van der Waals surface area contributed by atoms with Gasteiger partial charge in [-0.25, -0.2) is 4.79 Å². The van der Waals surface area contributed by atoms with Gasteiger partial charge in [0.15, 0.2) is 0 Å². The molecule has 3 rings (SSSR count). The van der Waals surface area contributed by atoms with Crippen molar-refractivity contribution in [2.24, 2.45) is 5.92 Å². The largest absolute Gasteiger partial charge is 0.356 e. The standard InChI is InChI=1S/C22H27N3O2/c26-21(23-14-11-18-7-3-1-4-8-18)17-19-12-15-25(16-13-19)22(27)24-20-9-5-2-6-10-20/h1-10,19H,11-17H2,(H,23,26)(H,24,27). The predicted molar refractivity (Wildman–Crippen MR) is 108 cm³/mol. The predicted octanol–water partition coefficient (Wildman–Crippen LogP) is 3.68. The van der Waals surface area contributed by atoms with E-state index in [2.05, 4.69) is 22.8 Å². The van der Waals surface area contributed by atoms with Crippen molar-refractivity contribution in [2.75, 3.05) is 25.0 Å². The minimum atomic E-state index is -0.0630. The highest BCUT2D eigenvalue weighted by Crippen LogP contribution is 2.21. The van der Waals surface area contributed by atoms with Gasteiger partial charge >= 0.3 is 6.03 Å². The van der Waals surface area contributed by atoms with Gasteiger partial charge in [0.2, 0.25) is 5.91 Å². The first kappa shape index (κ1) is 19.0. The number of benzene rings is 2. The van der Waals surface area contributed by atoms with Crippen molar-refractivity contribution >= 4 is 17.6 Å². The van der Waals surface area contributed by atoms with Crippen LogP contribution in [0.4, 0.5) is 10.5 Å². The molecule has 27 heavy (non-hydrogen) atoms. The molecule has 2 aromatic rings. The van der Waals surface area contributed by atoms with Crippen LogP contribution in [0.3, 0.4) is 0 Å². The van der Waals surface area contributed by atoms with Crippen molar-refractivity contribution in [3.63, 3.8) is 0 Å². The maximum absolute atomic E-state index is 12.3. The molecular weight excluding hydrogens is 338 g/mol. The second kappa shape index (κ2) is 9.76. The number of para-hydroxylation sites is 1. The molecule has 0 spiro atoms. The maximum atomic E-state index is 12.3. The fraction of sp³-hybridized carbons (Fsp3) is 0.364.